The minimum atomic E-state index is -0.499. The minimum absolute atomic E-state index is 0.132. The average molecular weight is 407 g/mol. The molecule has 0 N–H and O–H groups in total. The van der Waals surface area contributed by atoms with Crippen molar-refractivity contribution in [2.24, 2.45) is 0 Å². The van der Waals surface area contributed by atoms with Crippen LogP contribution in [0.5, 0.6) is 5.75 Å². The molecule has 0 spiro atoms. The number of rotatable bonds is 7. The van der Waals surface area contributed by atoms with Crippen molar-refractivity contribution in [2.45, 2.75) is 26.3 Å². The molecule has 0 saturated heterocycles. The third kappa shape index (κ3) is 3.48. The molecule has 2 aromatic carbocycles. The number of ether oxygens (including phenoxy) is 2. The molecule has 1 aromatic heterocycles. The van der Waals surface area contributed by atoms with Gasteiger partial charge in [0.15, 0.2) is 5.43 Å². The first-order chi connectivity index (χ1) is 14.5. The zero-order chi connectivity index (χ0) is 21.3. The summed E-state index contributed by atoms with van der Waals surface area (Å²) in [6.07, 6.45) is 0.663. The molecule has 0 bridgehead atoms. The van der Waals surface area contributed by atoms with E-state index in [2.05, 4.69) is 0 Å². The highest BCUT2D eigenvalue weighted by Gasteiger charge is 2.42. The smallest absolute Gasteiger partial charge is 0.290 e. The van der Waals surface area contributed by atoms with Crippen LogP contribution in [0.1, 0.15) is 46.6 Å². The largest absolute Gasteiger partial charge is 0.494 e. The van der Waals surface area contributed by atoms with E-state index in [4.69, 9.17) is 13.9 Å². The van der Waals surface area contributed by atoms with Crippen molar-refractivity contribution in [1.29, 1.82) is 0 Å². The summed E-state index contributed by atoms with van der Waals surface area (Å²) in [5.41, 5.74) is 2.49. The Morgan fingerprint density at radius 3 is 2.57 bits per heavy atom. The second-order valence-electron chi connectivity index (χ2n) is 7.42. The van der Waals surface area contributed by atoms with E-state index in [0.29, 0.717) is 42.7 Å². The number of carbonyl (C=O) groups is 1. The monoisotopic (exact) mass is 407 g/mol. The molecule has 30 heavy (non-hydrogen) atoms. The second kappa shape index (κ2) is 8.32. The summed E-state index contributed by atoms with van der Waals surface area (Å²) in [7, 11) is 1.63. The van der Waals surface area contributed by atoms with Gasteiger partial charge in [-0.1, -0.05) is 23.8 Å². The number of aryl methyl sites for hydroxylation is 1. The molecule has 0 fully saturated rings. The van der Waals surface area contributed by atoms with Crippen LogP contribution in [0.25, 0.3) is 11.0 Å². The Bertz CT molecular complexity index is 1130. The van der Waals surface area contributed by atoms with E-state index >= 15 is 0 Å². The molecule has 2 heterocycles. The fourth-order valence-corrected chi connectivity index (χ4v) is 4.00. The molecule has 1 atom stereocenters. The Kier molecular flexibility index (Phi) is 5.59. The van der Waals surface area contributed by atoms with Crippen LogP contribution in [-0.2, 0) is 4.74 Å². The van der Waals surface area contributed by atoms with Gasteiger partial charge in [-0.05, 0) is 50.1 Å². The SMILES string of the molecule is CCOc1ccc(C2c3c(oc4ccc(C)cc4c3=O)C(=O)N2CCCOC)cc1. The molecule has 0 radical (unpaired) electrons. The van der Waals surface area contributed by atoms with Crippen LogP contribution in [0, 0.1) is 6.92 Å². The number of amides is 1. The molecule has 0 saturated carbocycles. The van der Waals surface area contributed by atoms with Crippen LogP contribution in [-0.4, -0.2) is 37.7 Å². The van der Waals surface area contributed by atoms with Crippen LogP contribution in [0.3, 0.4) is 0 Å². The predicted molar refractivity (Wildman–Crippen MR) is 114 cm³/mol. The maximum absolute atomic E-state index is 13.5. The zero-order valence-electron chi connectivity index (χ0n) is 17.4. The fourth-order valence-electron chi connectivity index (χ4n) is 4.00. The standard InChI is InChI=1S/C24H25NO5/c1-4-29-17-9-7-16(8-10-17)21-20-22(26)18-14-15(2)6-11-19(18)30-23(20)24(27)25(21)12-5-13-28-3/h6-11,14,21H,4-5,12-13H2,1-3H3. The highest BCUT2D eigenvalue weighted by molar-refractivity contribution is 5.99. The van der Waals surface area contributed by atoms with Gasteiger partial charge in [-0.2, -0.15) is 0 Å². The van der Waals surface area contributed by atoms with Crippen molar-refractivity contribution < 1.29 is 18.7 Å². The molecular weight excluding hydrogens is 382 g/mol. The number of benzene rings is 2. The van der Waals surface area contributed by atoms with Gasteiger partial charge < -0.3 is 18.8 Å². The van der Waals surface area contributed by atoms with Crippen LogP contribution < -0.4 is 10.2 Å². The average Bonchev–Trinajstić information content (AvgIpc) is 3.02. The second-order valence-corrected chi connectivity index (χ2v) is 7.42. The summed E-state index contributed by atoms with van der Waals surface area (Å²) >= 11 is 0. The first-order valence-corrected chi connectivity index (χ1v) is 10.1. The Morgan fingerprint density at radius 2 is 1.87 bits per heavy atom. The summed E-state index contributed by atoms with van der Waals surface area (Å²) in [4.78, 5) is 28.4. The highest BCUT2D eigenvalue weighted by Crippen LogP contribution is 2.38. The van der Waals surface area contributed by atoms with Crippen LogP contribution in [0.15, 0.2) is 51.7 Å². The molecule has 1 unspecified atom stereocenters. The van der Waals surface area contributed by atoms with Crippen molar-refractivity contribution in [3.8, 4) is 5.75 Å². The number of hydrogen-bond acceptors (Lipinski definition) is 5. The van der Waals surface area contributed by atoms with Gasteiger partial charge in [0.25, 0.3) is 5.91 Å². The summed E-state index contributed by atoms with van der Waals surface area (Å²) in [6, 6.07) is 12.5. The Hall–Kier alpha value is -3.12. The van der Waals surface area contributed by atoms with Gasteiger partial charge in [-0.25, -0.2) is 0 Å². The topological polar surface area (TPSA) is 69.0 Å². The van der Waals surface area contributed by atoms with Crippen LogP contribution >= 0.6 is 0 Å². The predicted octanol–water partition coefficient (Wildman–Crippen LogP) is 4.08. The molecular formula is C24H25NO5. The van der Waals surface area contributed by atoms with Gasteiger partial charge in [-0.15, -0.1) is 0 Å². The molecule has 1 aliphatic heterocycles. The molecule has 6 heteroatoms. The van der Waals surface area contributed by atoms with Gasteiger partial charge in [-0.3, -0.25) is 9.59 Å². The normalized spacial score (nSPS) is 15.6. The first kappa shape index (κ1) is 20.2. The lowest BCUT2D eigenvalue weighted by Crippen LogP contribution is -2.31. The Labute approximate surface area is 175 Å². The van der Waals surface area contributed by atoms with Gasteiger partial charge in [0.05, 0.1) is 23.6 Å². The summed E-state index contributed by atoms with van der Waals surface area (Å²) in [5, 5.41) is 0.497. The van der Waals surface area contributed by atoms with Crippen LogP contribution in [0.4, 0.5) is 0 Å². The lowest BCUT2D eigenvalue weighted by Gasteiger charge is -2.25. The minimum Gasteiger partial charge on any atom is -0.494 e. The van der Waals surface area contributed by atoms with E-state index in [1.165, 1.54) is 0 Å². The Balaban J connectivity index is 1.86. The van der Waals surface area contributed by atoms with Gasteiger partial charge in [0, 0.05) is 20.3 Å². The van der Waals surface area contributed by atoms with Crippen LogP contribution in [0.2, 0.25) is 0 Å². The maximum atomic E-state index is 13.5. The lowest BCUT2D eigenvalue weighted by molar-refractivity contribution is 0.0708. The lowest BCUT2D eigenvalue weighted by atomic mass is 9.98. The van der Waals surface area contributed by atoms with Gasteiger partial charge in [0.1, 0.15) is 11.3 Å². The van der Waals surface area contributed by atoms with Gasteiger partial charge in [0.2, 0.25) is 5.76 Å². The fraction of sp³-hybridized carbons (Fsp3) is 0.333. The van der Waals surface area contributed by atoms with E-state index in [-0.39, 0.29) is 17.1 Å². The number of methoxy groups -OCH3 is 1. The first-order valence-electron chi connectivity index (χ1n) is 10.1. The third-order valence-electron chi connectivity index (χ3n) is 5.38. The molecule has 6 nitrogen and oxygen atoms in total. The molecule has 156 valence electrons. The third-order valence-corrected chi connectivity index (χ3v) is 5.38. The zero-order valence-corrected chi connectivity index (χ0v) is 17.4. The molecule has 3 aromatic rings. The molecule has 0 aliphatic carbocycles. The van der Waals surface area contributed by atoms with Crippen molar-refractivity contribution >= 4 is 16.9 Å². The summed E-state index contributed by atoms with van der Waals surface area (Å²) in [5.74, 6) is 0.616. The quantitative estimate of drug-likeness (QED) is 0.552. The number of nitrogens with zero attached hydrogens (tertiary/aromatic N) is 1. The summed E-state index contributed by atoms with van der Waals surface area (Å²) in [6.45, 7) is 5.41. The van der Waals surface area contributed by atoms with E-state index in [9.17, 15) is 9.59 Å². The van der Waals surface area contributed by atoms with Crippen molar-refractivity contribution in [1.82, 2.24) is 4.90 Å². The van der Waals surface area contributed by atoms with E-state index in [1.54, 1.807) is 18.1 Å². The van der Waals surface area contributed by atoms with E-state index < -0.39 is 6.04 Å². The van der Waals surface area contributed by atoms with Crippen molar-refractivity contribution in [2.75, 3.05) is 26.9 Å². The van der Waals surface area contributed by atoms with E-state index in [1.807, 2.05) is 50.2 Å². The molecule has 1 amide bonds. The number of carbonyl (C=O) groups excluding carboxylic acids is 1. The van der Waals surface area contributed by atoms with Crippen molar-refractivity contribution in [3.63, 3.8) is 0 Å². The molecule has 4 rings (SSSR count). The van der Waals surface area contributed by atoms with Crippen molar-refractivity contribution in [3.05, 3.63) is 75.1 Å². The van der Waals surface area contributed by atoms with E-state index in [0.717, 1.165) is 16.9 Å². The molecule has 1 aliphatic rings. The van der Waals surface area contributed by atoms with Gasteiger partial charge >= 0.3 is 0 Å². The summed E-state index contributed by atoms with van der Waals surface area (Å²) < 4.78 is 16.7. The number of fused-ring (bicyclic) bond motifs is 2. The Morgan fingerprint density at radius 1 is 1.10 bits per heavy atom. The maximum Gasteiger partial charge on any atom is 0.290 e. The highest BCUT2D eigenvalue weighted by atomic mass is 16.5. The number of hydrogen-bond donors (Lipinski definition) is 0.